The summed E-state index contributed by atoms with van der Waals surface area (Å²) in [5, 5.41) is 19.6. The molecule has 1 amide bonds. The van der Waals surface area contributed by atoms with Crippen molar-refractivity contribution in [1.29, 1.82) is 0 Å². The molecule has 0 saturated heterocycles. The molecule has 0 aliphatic heterocycles. The number of carbonyl (C=O) groups excluding carboxylic acids is 1. The number of amides is 1. The van der Waals surface area contributed by atoms with Gasteiger partial charge in [0.2, 0.25) is 5.91 Å². The minimum Gasteiger partial charge on any atom is -0.478 e. The fraction of sp³-hybridized carbons (Fsp3) is 0.600. The molecule has 92 valence electrons. The van der Waals surface area contributed by atoms with Gasteiger partial charge in [0, 0.05) is 17.7 Å². The number of aliphatic hydroxyl groups is 1. The Morgan fingerprint density at radius 3 is 2.31 bits per heavy atom. The highest BCUT2D eigenvalue weighted by atomic mass is 16.5. The Kier molecular flexibility index (Phi) is 7.15. The smallest absolute Gasteiger partial charge is 0.331 e. The third-order valence-electron chi connectivity index (χ3n) is 1.99. The number of hydrogen-bond acceptors (Lipinski definition) is 4. The normalized spacial score (nSPS) is 11.9. The molecule has 0 aliphatic carbocycles. The molecule has 16 heavy (non-hydrogen) atoms. The van der Waals surface area contributed by atoms with Crippen molar-refractivity contribution in [3.63, 3.8) is 0 Å². The number of carboxylic acid groups (broad SMARTS) is 1. The predicted molar refractivity (Wildman–Crippen MR) is 56.9 cm³/mol. The van der Waals surface area contributed by atoms with Gasteiger partial charge in [-0.1, -0.05) is 0 Å². The van der Waals surface area contributed by atoms with Crippen molar-refractivity contribution < 1.29 is 24.5 Å². The number of aliphatic carboxylic acids is 1. The molecule has 0 aliphatic rings. The molecule has 0 bridgehead atoms. The standard InChI is InChI=1S/C10H17NO5/c1-7(8(2)10(14)15)9(13)11-3-5-16-6-4-12/h12H,3-6H2,1-2H3,(H,11,13)(H,14,15). The summed E-state index contributed by atoms with van der Waals surface area (Å²) in [6, 6.07) is 0. The number of ether oxygens (including phenoxy) is 1. The first-order valence-corrected chi connectivity index (χ1v) is 4.88. The summed E-state index contributed by atoms with van der Waals surface area (Å²) in [5.74, 6) is -1.53. The van der Waals surface area contributed by atoms with E-state index in [1.165, 1.54) is 13.8 Å². The number of carbonyl (C=O) groups is 2. The van der Waals surface area contributed by atoms with Gasteiger partial charge < -0.3 is 20.3 Å². The third-order valence-corrected chi connectivity index (χ3v) is 1.99. The number of aliphatic hydroxyl groups excluding tert-OH is 1. The van der Waals surface area contributed by atoms with Crippen LogP contribution in [0.2, 0.25) is 0 Å². The van der Waals surface area contributed by atoms with Crippen molar-refractivity contribution in [2.75, 3.05) is 26.4 Å². The summed E-state index contributed by atoms with van der Waals surface area (Å²) >= 11 is 0. The lowest BCUT2D eigenvalue weighted by atomic mass is 10.1. The van der Waals surface area contributed by atoms with E-state index in [4.69, 9.17) is 14.9 Å². The van der Waals surface area contributed by atoms with Gasteiger partial charge in [0.15, 0.2) is 0 Å². The van der Waals surface area contributed by atoms with Crippen LogP contribution in [0, 0.1) is 0 Å². The van der Waals surface area contributed by atoms with Gasteiger partial charge in [-0.15, -0.1) is 0 Å². The van der Waals surface area contributed by atoms with E-state index < -0.39 is 11.9 Å². The molecule has 0 aromatic carbocycles. The number of rotatable bonds is 7. The Bertz CT molecular complexity index is 285. The van der Waals surface area contributed by atoms with E-state index in [-0.39, 0.29) is 37.5 Å². The monoisotopic (exact) mass is 231 g/mol. The molecule has 6 nitrogen and oxygen atoms in total. The fourth-order valence-corrected chi connectivity index (χ4v) is 0.867. The van der Waals surface area contributed by atoms with Crippen LogP contribution in [0.25, 0.3) is 0 Å². The van der Waals surface area contributed by atoms with Crippen LogP contribution in [0.3, 0.4) is 0 Å². The Balaban J connectivity index is 3.98. The van der Waals surface area contributed by atoms with E-state index >= 15 is 0 Å². The highest BCUT2D eigenvalue weighted by Gasteiger charge is 2.11. The van der Waals surface area contributed by atoms with Gasteiger partial charge in [-0.3, -0.25) is 4.79 Å². The minimum absolute atomic E-state index is 0.0220. The van der Waals surface area contributed by atoms with Crippen LogP contribution in [0.5, 0.6) is 0 Å². The van der Waals surface area contributed by atoms with Crippen molar-refractivity contribution in [2.24, 2.45) is 0 Å². The van der Waals surface area contributed by atoms with E-state index in [1.54, 1.807) is 0 Å². The molecule has 0 saturated carbocycles. The van der Waals surface area contributed by atoms with Crippen molar-refractivity contribution in [3.05, 3.63) is 11.1 Å². The molecule has 0 rings (SSSR count). The first kappa shape index (κ1) is 14.6. The SMILES string of the molecule is CC(C(=O)O)=C(C)C(=O)NCCOCCO. The molecule has 0 fully saturated rings. The van der Waals surface area contributed by atoms with Gasteiger partial charge in [0.1, 0.15) is 0 Å². The number of carboxylic acids is 1. The molecule has 0 aromatic heterocycles. The molecule has 3 N–H and O–H groups in total. The third kappa shape index (κ3) is 5.47. The Hall–Kier alpha value is -1.40. The van der Waals surface area contributed by atoms with Crippen LogP contribution < -0.4 is 5.32 Å². The lowest BCUT2D eigenvalue weighted by Crippen LogP contribution is -2.29. The zero-order chi connectivity index (χ0) is 12.6. The van der Waals surface area contributed by atoms with Crippen molar-refractivity contribution in [3.8, 4) is 0 Å². The molecular formula is C10H17NO5. The van der Waals surface area contributed by atoms with Gasteiger partial charge in [-0.2, -0.15) is 0 Å². The van der Waals surface area contributed by atoms with Gasteiger partial charge >= 0.3 is 5.97 Å². The first-order chi connectivity index (χ1) is 7.50. The van der Waals surface area contributed by atoms with E-state index in [0.717, 1.165) is 0 Å². The lowest BCUT2D eigenvalue weighted by Gasteiger charge is -2.07. The van der Waals surface area contributed by atoms with Crippen LogP contribution in [0.15, 0.2) is 11.1 Å². The second kappa shape index (κ2) is 7.84. The number of hydrogen-bond donors (Lipinski definition) is 3. The number of nitrogens with one attached hydrogen (secondary N) is 1. The summed E-state index contributed by atoms with van der Waals surface area (Å²) in [6.45, 7) is 3.55. The summed E-state index contributed by atoms with van der Waals surface area (Å²) < 4.78 is 4.92. The van der Waals surface area contributed by atoms with E-state index in [9.17, 15) is 9.59 Å². The van der Waals surface area contributed by atoms with Crippen LogP contribution in [0.4, 0.5) is 0 Å². The minimum atomic E-state index is -1.11. The second-order valence-electron chi connectivity index (χ2n) is 3.15. The van der Waals surface area contributed by atoms with Crippen LogP contribution in [-0.2, 0) is 14.3 Å². The highest BCUT2D eigenvalue weighted by molar-refractivity contribution is 6.01. The maximum Gasteiger partial charge on any atom is 0.331 e. The molecule has 6 heteroatoms. The maximum atomic E-state index is 11.4. The van der Waals surface area contributed by atoms with E-state index in [2.05, 4.69) is 5.32 Å². The lowest BCUT2D eigenvalue weighted by molar-refractivity contribution is -0.133. The zero-order valence-electron chi connectivity index (χ0n) is 9.45. The van der Waals surface area contributed by atoms with E-state index in [0.29, 0.717) is 0 Å². The largest absolute Gasteiger partial charge is 0.478 e. The van der Waals surface area contributed by atoms with Crippen molar-refractivity contribution in [2.45, 2.75) is 13.8 Å². The van der Waals surface area contributed by atoms with Gasteiger partial charge in [-0.05, 0) is 13.8 Å². The molecule has 0 unspecified atom stereocenters. The molecule has 0 spiro atoms. The average Bonchev–Trinajstić information content (AvgIpc) is 2.26. The molecule has 0 atom stereocenters. The highest BCUT2D eigenvalue weighted by Crippen LogP contribution is 2.02. The second-order valence-corrected chi connectivity index (χ2v) is 3.15. The fourth-order valence-electron chi connectivity index (χ4n) is 0.867. The Morgan fingerprint density at radius 2 is 1.81 bits per heavy atom. The Morgan fingerprint density at radius 1 is 1.19 bits per heavy atom. The molecule has 0 radical (unpaired) electrons. The Labute approximate surface area is 93.9 Å². The zero-order valence-corrected chi connectivity index (χ0v) is 9.45. The van der Waals surface area contributed by atoms with Crippen molar-refractivity contribution in [1.82, 2.24) is 5.32 Å². The summed E-state index contributed by atoms with van der Waals surface area (Å²) in [5.41, 5.74) is 0.198. The summed E-state index contributed by atoms with van der Waals surface area (Å²) in [6.07, 6.45) is 0. The molecule has 0 aromatic rings. The van der Waals surface area contributed by atoms with Gasteiger partial charge in [0.25, 0.3) is 0 Å². The van der Waals surface area contributed by atoms with E-state index in [1.807, 2.05) is 0 Å². The molecule has 0 heterocycles. The van der Waals surface area contributed by atoms with Crippen LogP contribution in [-0.4, -0.2) is 48.5 Å². The predicted octanol–water partition coefficient (Wildman–Crippen LogP) is -0.467. The van der Waals surface area contributed by atoms with Gasteiger partial charge in [0.05, 0.1) is 19.8 Å². The average molecular weight is 231 g/mol. The van der Waals surface area contributed by atoms with Crippen LogP contribution in [0.1, 0.15) is 13.8 Å². The van der Waals surface area contributed by atoms with Gasteiger partial charge in [-0.25, -0.2) is 4.79 Å². The summed E-state index contributed by atoms with van der Waals surface area (Å²) in [7, 11) is 0. The molecular weight excluding hydrogens is 214 g/mol. The summed E-state index contributed by atoms with van der Waals surface area (Å²) in [4.78, 5) is 22.0. The quantitative estimate of drug-likeness (QED) is 0.407. The van der Waals surface area contributed by atoms with Crippen molar-refractivity contribution >= 4 is 11.9 Å². The maximum absolute atomic E-state index is 11.4. The topological polar surface area (TPSA) is 95.9 Å². The van der Waals surface area contributed by atoms with Crippen LogP contribution >= 0.6 is 0 Å². The first-order valence-electron chi connectivity index (χ1n) is 4.88.